The first-order chi connectivity index (χ1) is 9.76. The van der Waals surface area contributed by atoms with Crippen molar-refractivity contribution in [1.82, 2.24) is 0 Å². The summed E-state index contributed by atoms with van der Waals surface area (Å²) in [7, 11) is 0. The third-order valence-electron chi connectivity index (χ3n) is 5.23. The molecule has 114 valence electrons. The fraction of sp³-hybridized carbons (Fsp3) is 0.833. The highest BCUT2D eigenvalue weighted by Crippen LogP contribution is 2.39. The normalized spacial score (nSPS) is 25.9. The van der Waals surface area contributed by atoms with Gasteiger partial charge in [0, 0.05) is 0 Å². The smallest absolute Gasteiger partial charge is 0.313 e. The Kier molecular flexibility index (Phi) is 6.12. The van der Waals surface area contributed by atoms with Gasteiger partial charge in [-0.3, -0.25) is 4.79 Å². The van der Waals surface area contributed by atoms with E-state index in [-0.39, 0.29) is 11.9 Å². The van der Waals surface area contributed by atoms with E-state index < -0.39 is 0 Å². The van der Waals surface area contributed by atoms with Crippen molar-refractivity contribution in [3.63, 3.8) is 0 Å². The van der Waals surface area contributed by atoms with Gasteiger partial charge in [0.15, 0.2) is 0 Å². The van der Waals surface area contributed by atoms with Gasteiger partial charge in [-0.25, -0.2) is 0 Å². The molecule has 0 N–H and O–H groups in total. The Morgan fingerprint density at radius 3 is 2.50 bits per heavy atom. The van der Waals surface area contributed by atoms with Crippen molar-refractivity contribution in [1.29, 1.82) is 0 Å². The fourth-order valence-corrected chi connectivity index (χ4v) is 4.05. The van der Waals surface area contributed by atoms with E-state index in [2.05, 4.69) is 13.0 Å². The summed E-state index contributed by atoms with van der Waals surface area (Å²) in [5.41, 5.74) is 1.35. The highest BCUT2D eigenvalue weighted by atomic mass is 16.5. The second kappa shape index (κ2) is 7.85. The van der Waals surface area contributed by atoms with Gasteiger partial charge in [-0.1, -0.05) is 50.7 Å². The molecule has 0 unspecified atom stereocenters. The molecular formula is C18H30O2. The molecule has 0 amide bonds. The maximum Gasteiger partial charge on any atom is 0.313 e. The van der Waals surface area contributed by atoms with Gasteiger partial charge in [0.2, 0.25) is 0 Å². The lowest BCUT2D eigenvalue weighted by molar-refractivity contribution is -0.146. The number of carbonyl (C=O) groups excluding carboxylic acids is 1. The van der Waals surface area contributed by atoms with Crippen LogP contribution in [0.4, 0.5) is 0 Å². The number of carbonyl (C=O) groups is 1. The predicted molar refractivity (Wildman–Crippen MR) is 82.4 cm³/mol. The van der Waals surface area contributed by atoms with Crippen LogP contribution in [0.5, 0.6) is 0 Å². The molecule has 0 radical (unpaired) electrons. The highest BCUT2D eigenvalue weighted by Gasteiger charge is 2.29. The molecule has 0 saturated heterocycles. The highest BCUT2D eigenvalue weighted by molar-refractivity contribution is 5.75. The van der Waals surface area contributed by atoms with Crippen LogP contribution < -0.4 is 0 Å². The largest absolute Gasteiger partial charge is 0.466 e. The fourth-order valence-electron chi connectivity index (χ4n) is 4.05. The van der Waals surface area contributed by atoms with Gasteiger partial charge < -0.3 is 4.74 Å². The topological polar surface area (TPSA) is 26.3 Å². The molecule has 0 heterocycles. The molecule has 2 atom stereocenters. The van der Waals surface area contributed by atoms with Gasteiger partial charge in [0.05, 0.1) is 12.5 Å². The molecule has 1 fully saturated rings. The van der Waals surface area contributed by atoms with Gasteiger partial charge in [-0.05, 0) is 44.4 Å². The van der Waals surface area contributed by atoms with Gasteiger partial charge in [-0.2, -0.15) is 0 Å². The van der Waals surface area contributed by atoms with Crippen LogP contribution in [0.3, 0.4) is 0 Å². The van der Waals surface area contributed by atoms with Crippen LogP contribution in [0.15, 0.2) is 11.6 Å². The van der Waals surface area contributed by atoms with E-state index in [0.29, 0.717) is 6.61 Å². The first kappa shape index (κ1) is 15.6. The lowest BCUT2D eigenvalue weighted by Gasteiger charge is -2.33. The summed E-state index contributed by atoms with van der Waals surface area (Å²) in [5.74, 6) is 1.82. The SMILES string of the molecule is CCOC(=O)[C@@H](CC)C1=CC[C@@H](C2CCCCC2)CC1. The van der Waals surface area contributed by atoms with E-state index >= 15 is 0 Å². The summed E-state index contributed by atoms with van der Waals surface area (Å²) in [6.07, 6.45) is 14.0. The van der Waals surface area contributed by atoms with E-state index in [4.69, 9.17) is 4.74 Å². The van der Waals surface area contributed by atoms with Crippen LogP contribution >= 0.6 is 0 Å². The van der Waals surface area contributed by atoms with Crippen molar-refractivity contribution in [3.8, 4) is 0 Å². The maximum atomic E-state index is 12.0. The van der Waals surface area contributed by atoms with Crippen molar-refractivity contribution < 1.29 is 9.53 Å². The number of rotatable bonds is 5. The average molecular weight is 278 g/mol. The maximum absolute atomic E-state index is 12.0. The van der Waals surface area contributed by atoms with Crippen molar-refractivity contribution in [2.75, 3.05) is 6.61 Å². The van der Waals surface area contributed by atoms with E-state index in [1.165, 1.54) is 50.5 Å². The zero-order chi connectivity index (χ0) is 14.4. The molecule has 2 aliphatic carbocycles. The average Bonchev–Trinajstić information content (AvgIpc) is 2.50. The minimum Gasteiger partial charge on any atom is -0.466 e. The Labute approximate surface area is 124 Å². The van der Waals surface area contributed by atoms with Crippen molar-refractivity contribution in [2.45, 2.75) is 71.6 Å². The molecule has 2 rings (SSSR count). The zero-order valence-corrected chi connectivity index (χ0v) is 13.2. The molecule has 20 heavy (non-hydrogen) atoms. The first-order valence-electron chi connectivity index (χ1n) is 8.61. The molecule has 0 bridgehead atoms. The summed E-state index contributed by atoms with van der Waals surface area (Å²) in [6.45, 7) is 4.47. The minimum absolute atomic E-state index is 0.0160. The van der Waals surface area contributed by atoms with Crippen LogP contribution in [0, 0.1) is 17.8 Å². The Bertz CT molecular complexity index is 339. The van der Waals surface area contributed by atoms with Crippen LogP contribution in [0.25, 0.3) is 0 Å². The summed E-state index contributed by atoms with van der Waals surface area (Å²) >= 11 is 0. The van der Waals surface area contributed by atoms with E-state index in [9.17, 15) is 4.79 Å². The Morgan fingerprint density at radius 1 is 1.20 bits per heavy atom. The summed E-state index contributed by atoms with van der Waals surface area (Å²) in [4.78, 5) is 12.0. The standard InChI is InChI=1S/C18H30O2/c1-3-17(18(19)20-4-2)16-12-10-15(11-13-16)14-8-6-5-7-9-14/h12,14-15,17H,3-11,13H2,1-2H3/t15-,17+/m1/s1. The minimum atomic E-state index is -0.0163. The van der Waals surface area contributed by atoms with Gasteiger partial charge >= 0.3 is 5.97 Å². The summed E-state index contributed by atoms with van der Waals surface area (Å²) in [6, 6.07) is 0. The van der Waals surface area contributed by atoms with Crippen LogP contribution in [-0.2, 0) is 9.53 Å². The predicted octanol–water partition coefficient (Wildman–Crippen LogP) is 4.88. The van der Waals surface area contributed by atoms with Crippen LogP contribution in [-0.4, -0.2) is 12.6 Å². The number of ether oxygens (including phenoxy) is 1. The molecule has 2 nitrogen and oxygen atoms in total. The molecule has 0 aromatic rings. The molecule has 0 spiro atoms. The van der Waals surface area contributed by atoms with Gasteiger partial charge in [0.1, 0.15) is 0 Å². The number of allylic oxidation sites excluding steroid dienone is 1. The van der Waals surface area contributed by atoms with Crippen molar-refractivity contribution >= 4 is 5.97 Å². The van der Waals surface area contributed by atoms with E-state index in [1.807, 2.05) is 6.92 Å². The second-order valence-electron chi connectivity index (χ2n) is 6.42. The van der Waals surface area contributed by atoms with Crippen molar-refractivity contribution in [3.05, 3.63) is 11.6 Å². The Hall–Kier alpha value is -0.790. The van der Waals surface area contributed by atoms with Crippen LogP contribution in [0.1, 0.15) is 71.6 Å². The molecule has 0 aromatic carbocycles. The molecule has 2 heteroatoms. The Balaban J connectivity index is 1.91. The van der Waals surface area contributed by atoms with Gasteiger partial charge in [-0.15, -0.1) is 0 Å². The van der Waals surface area contributed by atoms with Gasteiger partial charge in [0.25, 0.3) is 0 Å². The third-order valence-corrected chi connectivity index (χ3v) is 5.23. The Morgan fingerprint density at radius 2 is 1.95 bits per heavy atom. The molecule has 2 aliphatic rings. The summed E-state index contributed by atoms with van der Waals surface area (Å²) in [5, 5.41) is 0. The quantitative estimate of drug-likeness (QED) is 0.529. The summed E-state index contributed by atoms with van der Waals surface area (Å²) < 4.78 is 5.21. The molecule has 0 aliphatic heterocycles. The lowest BCUT2D eigenvalue weighted by atomic mass is 9.72. The van der Waals surface area contributed by atoms with E-state index in [0.717, 1.165) is 24.7 Å². The third kappa shape index (κ3) is 3.86. The van der Waals surface area contributed by atoms with E-state index in [1.54, 1.807) is 0 Å². The van der Waals surface area contributed by atoms with Crippen molar-refractivity contribution in [2.24, 2.45) is 17.8 Å². The van der Waals surface area contributed by atoms with Crippen LogP contribution in [0.2, 0.25) is 0 Å². The molecule has 0 aromatic heterocycles. The lowest BCUT2D eigenvalue weighted by Crippen LogP contribution is -2.24. The monoisotopic (exact) mass is 278 g/mol. The molecular weight excluding hydrogens is 248 g/mol. The molecule has 1 saturated carbocycles. The first-order valence-corrected chi connectivity index (χ1v) is 8.61. The number of hydrogen-bond donors (Lipinski definition) is 0. The second-order valence-corrected chi connectivity index (χ2v) is 6.42. The number of hydrogen-bond acceptors (Lipinski definition) is 2. The zero-order valence-electron chi connectivity index (χ0n) is 13.2. The number of esters is 1.